The summed E-state index contributed by atoms with van der Waals surface area (Å²) in [6.45, 7) is 5.02. The van der Waals surface area contributed by atoms with Gasteiger partial charge in [-0.3, -0.25) is 0 Å². The van der Waals surface area contributed by atoms with Crippen LogP contribution in [0.1, 0.15) is 13.8 Å². The van der Waals surface area contributed by atoms with Gasteiger partial charge in [0.2, 0.25) is 6.79 Å². The van der Waals surface area contributed by atoms with Gasteiger partial charge in [0.05, 0.1) is 0 Å². The Morgan fingerprint density at radius 1 is 1.12 bits per heavy atom. The zero-order valence-corrected chi connectivity index (χ0v) is 14.8. The van der Waals surface area contributed by atoms with Gasteiger partial charge < -0.3 is 25.1 Å². The molecule has 0 spiro atoms. The van der Waals surface area contributed by atoms with Crippen LogP contribution in [-0.4, -0.2) is 24.4 Å². The van der Waals surface area contributed by atoms with Crippen molar-refractivity contribution in [2.24, 2.45) is 5.92 Å². The van der Waals surface area contributed by atoms with Crippen LogP contribution in [-0.2, 0) is 0 Å². The largest absolute Gasteiger partial charge is 0.454 e. The van der Waals surface area contributed by atoms with Crippen LogP contribution in [0, 0.1) is 5.92 Å². The van der Waals surface area contributed by atoms with E-state index < -0.39 is 0 Å². The van der Waals surface area contributed by atoms with Crippen LogP contribution < -0.4 is 20.1 Å². The summed E-state index contributed by atoms with van der Waals surface area (Å²) in [5, 5.41) is 6.79. The third-order valence-corrected chi connectivity index (χ3v) is 4.23. The first-order chi connectivity index (χ1) is 12.6. The number of carbonyl (C=O) groups excluding carboxylic acids is 1. The number of nitrogens with one attached hydrogen (secondary N) is 3. The van der Waals surface area contributed by atoms with Gasteiger partial charge in [-0.15, -0.1) is 0 Å². The van der Waals surface area contributed by atoms with E-state index in [1.807, 2.05) is 36.4 Å². The fourth-order valence-corrected chi connectivity index (χ4v) is 2.90. The van der Waals surface area contributed by atoms with Crippen LogP contribution in [0.2, 0.25) is 0 Å². The van der Waals surface area contributed by atoms with E-state index in [0.717, 1.165) is 39.3 Å². The molecule has 0 radical (unpaired) electrons. The molecule has 0 fully saturated rings. The molecule has 2 amide bonds. The molecule has 0 aliphatic carbocycles. The number of amides is 2. The number of aromatic nitrogens is 1. The quantitative estimate of drug-likeness (QED) is 0.654. The number of anilines is 1. The Labute approximate surface area is 151 Å². The first-order valence-corrected chi connectivity index (χ1v) is 8.66. The number of fused-ring (bicyclic) bond motifs is 2. The van der Waals surface area contributed by atoms with Crippen molar-refractivity contribution in [3.05, 3.63) is 42.5 Å². The number of hydrogen-bond donors (Lipinski definition) is 3. The Balaban J connectivity index is 1.55. The summed E-state index contributed by atoms with van der Waals surface area (Å²) in [5.74, 6) is 1.94. The van der Waals surface area contributed by atoms with Gasteiger partial charge >= 0.3 is 6.03 Å². The highest BCUT2D eigenvalue weighted by Crippen LogP contribution is 2.36. The number of aromatic amines is 1. The molecule has 0 bridgehead atoms. The summed E-state index contributed by atoms with van der Waals surface area (Å²) in [6, 6.07) is 13.6. The highest BCUT2D eigenvalue weighted by molar-refractivity contribution is 5.94. The molecule has 2 aromatic carbocycles. The van der Waals surface area contributed by atoms with Gasteiger partial charge in [0.1, 0.15) is 0 Å². The highest BCUT2D eigenvalue weighted by Gasteiger charge is 2.15. The number of ether oxygens (including phenoxy) is 2. The molecule has 1 aromatic heterocycles. The average Bonchev–Trinajstić information content (AvgIpc) is 3.25. The molecule has 6 heteroatoms. The number of carbonyl (C=O) groups is 1. The van der Waals surface area contributed by atoms with Crippen molar-refractivity contribution in [3.63, 3.8) is 0 Å². The van der Waals surface area contributed by atoms with Crippen molar-refractivity contribution in [3.8, 4) is 22.8 Å². The smallest absolute Gasteiger partial charge is 0.319 e. The van der Waals surface area contributed by atoms with E-state index in [1.165, 1.54) is 0 Å². The molecular formula is C20H21N3O3. The number of benzene rings is 2. The summed E-state index contributed by atoms with van der Waals surface area (Å²) in [4.78, 5) is 15.3. The summed E-state index contributed by atoms with van der Waals surface area (Å²) < 4.78 is 10.8. The molecule has 2 heterocycles. The topological polar surface area (TPSA) is 75.4 Å². The second kappa shape index (κ2) is 6.63. The summed E-state index contributed by atoms with van der Waals surface area (Å²) in [7, 11) is 0. The number of H-pyrrole nitrogens is 1. The van der Waals surface area contributed by atoms with Crippen LogP contribution >= 0.6 is 0 Å². The lowest BCUT2D eigenvalue weighted by molar-refractivity contribution is 0.174. The van der Waals surface area contributed by atoms with Crippen molar-refractivity contribution >= 4 is 22.6 Å². The maximum absolute atomic E-state index is 11.9. The third kappa shape index (κ3) is 3.31. The van der Waals surface area contributed by atoms with E-state index in [-0.39, 0.29) is 12.8 Å². The van der Waals surface area contributed by atoms with Crippen molar-refractivity contribution in [2.45, 2.75) is 13.8 Å². The molecule has 0 saturated heterocycles. The molecule has 1 aliphatic rings. The van der Waals surface area contributed by atoms with Crippen molar-refractivity contribution < 1.29 is 14.3 Å². The van der Waals surface area contributed by atoms with Crippen LogP contribution in [0.3, 0.4) is 0 Å². The average molecular weight is 351 g/mol. The van der Waals surface area contributed by atoms with Crippen LogP contribution in [0.25, 0.3) is 22.2 Å². The van der Waals surface area contributed by atoms with Gasteiger partial charge in [-0.1, -0.05) is 19.9 Å². The van der Waals surface area contributed by atoms with E-state index in [0.29, 0.717) is 12.5 Å². The second-order valence-corrected chi connectivity index (χ2v) is 6.78. The Bertz CT molecular complexity index is 962. The number of urea groups is 1. The van der Waals surface area contributed by atoms with Gasteiger partial charge in [-0.25, -0.2) is 4.79 Å². The molecule has 134 valence electrons. The minimum absolute atomic E-state index is 0.194. The van der Waals surface area contributed by atoms with Gasteiger partial charge in [0, 0.05) is 34.4 Å². The van der Waals surface area contributed by atoms with Crippen molar-refractivity contribution in [2.75, 3.05) is 18.7 Å². The number of hydrogen-bond acceptors (Lipinski definition) is 3. The Kier molecular flexibility index (Phi) is 4.16. The third-order valence-electron chi connectivity index (χ3n) is 4.23. The van der Waals surface area contributed by atoms with E-state index in [1.54, 1.807) is 0 Å². The monoisotopic (exact) mass is 351 g/mol. The van der Waals surface area contributed by atoms with Crippen LogP contribution in [0.4, 0.5) is 10.5 Å². The predicted octanol–water partition coefficient (Wildman–Crippen LogP) is 4.34. The molecule has 0 atom stereocenters. The minimum atomic E-state index is -0.194. The SMILES string of the molecule is CC(C)CNC(=O)Nc1ccc2cc(-c3ccc4c(c3)OCO4)[nH]c2c1. The summed E-state index contributed by atoms with van der Waals surface area (Å²) in [5.41, 5.74) is 3.71. The van der Waals surface area contributed by atoms with Crippen LogP contribution in [0.5, 0.6) is 11.5 Å². The molecule has 3 aromatic rings. The molecule has 26 heavy (non-hydrogen) atoms. The van der Waals surface area contributed by atoms with E-state index in [9.17, 15) is 4.79 Å². The molecule has 0 unspecified atom stereocenters. The molecule has 1 aliphatic heterocycles. The van der Waals surface area contributed by atoms with Gasteiger partial charge in [-0.2, -0.15) is 0 Å². The van der Waals surface area contributed by atoms with Crippen LogP contribution in [0.15, 0.2) is 42.5 Å². The number of rotatable bonds is 4. The van der Waals surface area contributed by atoms with Gasteiger partial charge in [-0.05, 0) is 42.3 Å². The Hall–Kier alpha value is -3.15. The first-order valence-electron chi connectivity index (χ1n) is 8.66. The van der Waals surface area contributed by atoms with Crippen molar-refractivity contribution in [1.29, 1.82) is 0 Å². The van der Waals surface area contributed by atoms with E-state index in [4.69, 9.17) is 9.47 Å². The lowest BCUT2D eigenvalue weighted by Crippen LogP contribution is -2.31. The Morgan fingerprint density at radius 2 is 1.96 bits per heavy atom. The highest BCUT2D eigenvalue weighted by atomic mass is 16.7. The fourth-order valence-electron chi connectivity index (χ4n) is 2.90. The molecule has 3 N–H and O–H groups in total. The maximum atomic E-state index is 11.9. The molecule has 0 saturated carbocycles. The normalized spacial score (nSPS) is 12.6. The molecular weight excluding hydrogens is 330 g/mol. The zero-order valence-electron chi connectivity index (χ0n) is 14.8. The minimum Gasteiger partial charge on any atom is -0.454 e. The predicted molar refractivity (Wildman–Crippen MR) is 102 cm³/mol. The van der Waals surface area contributed by atoms with E-state index >= 15 is 0 Å². The summed E-state index contributed by atoms with van der Waals surface area (Å²) in [6.07, 6.45) is 0. The Morgan fingerprint density at radius 3 is 2.81 bits per heavy atom. The van der Waals surface area contributed by atoms with Crippen molar-refractivity contribution in [1.82, 2.24) is 10.3 Å². The van der Waals surface area contributed by atoms with Gasteiger partial charge in [0.25, 0.3) is 0 Å². The second-order valence-electron chi connectivity index (χ2n) is 6.78. The summed E-state index contributed by atoms with van der Waals surface area (Å²) >= 11 is 0. The van der Waals surface area contributed by atoms with Gasteiger partial charge in [0.15, 0.2) is 11.5 Å². The molecule has 4 rings (SSSR count). The van der Waals surface area contributed by atoms with E-state index in [2.05, 4.69) is 35.5 Å². The maximum Gasteiger partial charge on any atom is 0.319 e. The standard InChI is InChI=1S/C20H21N3O3/c1-12(2)10-21-20(24)22-15-5-3-13-7-16(23-17(13)9-15)14-4-6-18-19(8-14)26-11-25-18/h3-9,12,23H,10-11H2,1-2H3,(H2,21,22,24). The zero-order chi connectivity index (χ0) is 18.1. The fraction of sp³-hybridized carbons (Fsp3) is 0.250. The molecule has 6 nitrogen and oxygen atoms in total. The lowest BCUT2D eigenvalue weighted by atomic mass is 10.1. The lowest BCUT2D eigenvalue weighted by Gasteiger charge is -2.09. The first kappa shape index (κ1) is 16.3.